The number of halogens is 2. The van der Waals surface area contributed by atoms with E-state index in [1.807, 2.05) is 6.07 Å². The van der Waals surface area contributed by atoms with Crippen LogP contribution in [0.5, 0.6) is 0 Å². The van der Waals surface area contributed by atoms with Gasteiger partial charge in [-0.2, -0.15) is 0 Å². The van der Waals surface area contributed by atoms with Gasteiger partial charge in [-0.25, -0.2) is 4.39 Å². The topological polar surface area (TPSA) is 30.0 Å². The highest BCUT2D eigenvalue weighted by Crippen LogP contribution is 2.12. The molecule has 1 heterocycles. The summed E-state index contributed by atoms with van der Waals surface area (Å²) in [4.78, 5) is 15.8. The van der Waals surface area contributed by atoms with Crippen molar-refractivity contribution in [3.63, 3.8) is 0 Å². The summed E-state index contributed by atoms with van der Waals surface area (Å²) in [5, 5.41) is 0. The van der Waals surface area contributed by atoms with Crippen LogP contribution in [0.25, 0.3) is 0 Å². The van der Waals surface area contributed by atoms with E-state index in [-0.39, 0.29) is 24.4 Å². The number of benzene rings is 1. The quantitative estimate of drug-likeness (QED) is 0.867. The number of rotatable bonds is 4. The fourth-order valence-electron chi connectivity index (χ4n) is 1.70. The van der Waals surface area contributed by atoms with Gasteiger partial charge in [-0.1, -0.05) is 18.2 Å². The van der Waals surface area contributed by atoms with Crippen LogP contribution >= 0.6 is 15.9 Å². The minimum absolute atomic E-state index is 0.0278. The number of hydrogen-bond acceptors (Lipinski definition) is 2. The van der Waals surface area contributed by atoms with Crippen LogP contribution in [0.4, 0.5) is 4.39 Å². The highest BCUT2D eigenvalue weighted by Gasteiger charge is 2.09. The van der Waals surface area contributed by atoms with Crippen LogP contribution < -0.4 is 0 Å². The fourth-order valence-corrected chi connectivity index (χ4v) is 2.11. The second-order valence-corrected chi connectivity index (χ2v) is 4.91. The number of ketones is 1. The summed E-state index contributed by atoms with van der Waals surface area (Å²) < 4.78 is 14.2. The molecule has 0 unspecified atom stereocenters. The van der Waals surface area contributed by atoms with Gasteiger partial charge in [-0.05, 0) is 39.2 Å². The Kier molecular flexibility index (Phi) is 4.20. The summed E-state index contributed by atoms with van der Waals surface area (Å²) in [5.74, 6) is -0.363. The Morgan fingerprint density at radius 1 is 1.22 bits per heavy atom. The average molecular weight is 308 g/mol. The van der Waals surface area contributed by atoms with Crippen LogP contribution in [0, 0.1) is 5.82 Å². The molecule has 0 aliphatic heterocycles. The molecule has 0 saturated carbocycles. The Hall–Kier alpha value is -1.55. The molecule has 2 rings (SSSR count). The first-order valence-corrected chi connectivity index (χ1v) is 6.29. The Morgan fingerprint density at radius 3 is 2.72 bits per heavy atom. The maximum atomic E-state index is 13.4. The van der Waals surface area contributed by atoms with Crippen LogP contribution in [0.15, 0.2) is 47.2 Å². The summed E-state index contributed by atoms with van der Waals surface area (Å²) in [6.45, 7) is 0. The molecule has 92 valence electrons. The lowest BCUT2D eigenvalue weighted by Crippen LogP contribution is -2.08. The van der Waals surface area contributed by atoms with Crippen molar-refractivity contribution in [2.45, 2.75) is 12.8 Å². The van der Waals surface area contributed by atoms with Crippen molar-refractivity contribution in [3.8, 4) is 0 Å². The third-order valence-electron chi connectivity index (χ3n) is 2.51. The van der Waals surface area contributed by atoms with E-state index in [9.17, 15) is 9.18 Å². The number of nitrogens with zero attached hydrogens (tertiary/aromatic N) is 1. The van der Waals surface area contributed by atoms with Crippen LogP contribution in [0.2, 0.25) is 0 Å². The molecule has 2 aromatic rings. The highest BCUT2D eigenvalue weighted by molar-refractivity contribution is 9.10. The zero-order valence-electron chi connectivity index (χ0n) is 9.57. The zero-order valence-corrected chi connectivity index (χ0v) is 11.2. The van der Waals surface area contributed by atoms with Crippen molar-refractivity contribution in [1.29, 1.82) is 0 Å². The summed E-state index contributed by atoms with van der Waals surface area (Å²) in [6, 6.07) is 8.18. The Morgan fingerprint density at radius 2 is 2.00 bits per heavy atom. The van der Waals surface area contributed by atoms with Gasteiger partial charge in [0.25, 0.3) is 0 Å². The van der Waals surface area contributed by atoms with Gasteiger partial charge in [-0.3, -0.25) is 9.78 Å². The van der Waals surface area contributed by atoms with Crippen molar-refractivity contribution in [2.75, 3.05) is 0 Å². The molecule has 0 fully saturated rings. The molecule has 0 radical (unpaired) electrons. The van der Waals surface area contributed by atoms with Crippen molar-refractivity contribution >= 4 is 21.7 Å². The summed E-state index contributed by atoms with van der Waals surface area (Å²) in [7, 11) is 0. The largest absolute Gasteiger partial charge is 0.299 e. The molecule has 2 nitrogen and oxygen atoms in total. The van der Waals surface area contributed by atoms with Crippen LogP contribution in [0.1, 0.15) is 11.1 Å². The van der Waals surface area contributed by atoms with E-state index in [0.29, 0.717) is 5.56 Å². The van der Waals surface area contributed by atoms with Crippen LogP contribution in [-0.4, -0.2) is 10.8 Å². The Bertz CT molecular complexity index is 571. The maximum Gasteiger partial charge on any atom is 0.141 e. The molecule has 0 aliphatic rings. The fraction of sp³-hybridized carbons (Fsp3) is 0.143. The normalized spacial score (nSPS) is 10.3. The maximum absolute atomic E-state index is 13.4. The first kappa shape index (κ1) is 12.9. The number of Topliss-reactive ketones (excluding diaryl/α,β-unsaturated/α-hetero) is 1. The Labute approximate surface area is 113 Å². The second-order valence-electron chi connectivity index (χ2n) is 4.00. The Balaban J connectivity index is 2.03. The lowest BCUT2D eigenvalue weighted by atomic mass is 10.0. The standard InChI is InChI=1S/C14H11BrFNO/c15-12-5-10(8-17-9-12)6-13(18)7-11-3-1-2-4-14(11)16/h1-5,8-9H,6-7H2. The highest BCUT2D eigenvalue weighted by atomic mass is 79.9. The summed E-state index contributed by atoms with van der Waals surface area (Å²) >= 11 is 3.30. The van der Waals surface area contributed by atoms with Gasteiger partial charge in [0.15, 0.2) is 0 Å². The molecule has 0 aliphatic carbocycles. The average Bonchev–Trinajstić information content (AvgIpc) is 2.32. The smallest absolute Gasteiger partial charge is 0.141 e. The van der Waals surface area contributed by atoms with Crippen molar-refractivity contribution in [3.05, 3.63) is 64.1 Å². The third kappa shape index (κ3) is 3.47. The molecule has 0 atom stereocenters. The predicted octanol–water partition coefficient (Wildman–Crippen LogP) is 3.34. The molecular formula is C14H11BrFNO. The van der Waals surface area contributed by atoms with Gasteiger partial charge in [0.05, 0.1) is 0 Å². The van der Waals surface area contributed by atoms with E-state index in [0.717, 1.165) is 10.0 Å². The number of pyridine rings is 1. The van der Waals surface area contributed by atoms with E-state index in [4.69, 9.17) is 0 Å². The predicted molar refractivity (Wildman–Crippen MR) is 70.8 cm³/mol. The minimum atomic E-state index is -0.335. The first-order chi connectivity index (χ1) is 8.65. The monoisotopic (exact) mass is 307 g/mol. The van der Waals surface area contributed by atoms with Gasteiger partial charge in [0, 0.05) is 29.7 Å². The molecule has 0 amide bonds. The molecule has 18 heavy (non-hydrogen) atoms. The number of carbonyl (C=O) groups is 1. The third-order valence-corrected chi connectivity index (χ3v) is 2.94. The van der Waals surface area contributed by atoms with Crippen LogP contribution in [-0.2, 0) is 17.6 Å². The SMILES string of the molecule is O=C(Cc1cncc(Br)c1)Cc1ccccc1F. The molecule has 4 heteroatoms. The van der Waals surface area contributed by atoms with Gasteiger partial charge in [0.2, 0.25) is 0 Å². The molecule has 0 N–H and O–H groups in total. The lowest BCUT2D eigenvalue weighted by molar-refractivity contribution is -0.117. The number of hydrogen-bond donors (Lipinski definition) is 0. The van der Waals surface area contributed by atoms with Crippen molar-refractivity contribution in [1.82, 2.24) is 4.98 Å². The van der Waals surface area contributed by atoms with E-state index >= 15 is 0 Å². The number of carbonyl (C=O) groups excluding carboxylic acids is 1. The van der Waals surface area contributed by atoms with Crippen LogP contribution in [0.3, 0.4) is 0 Å². The lowest BCUT2D eigenvalue weighted by Gasteiger charge is -2.03. The summed E-state index contributed by atoms with van der Waals surface area (Å²) in [5.41, 5.74) is 1.26. The van der Waals surface area contributed by atoms with E-state index < -0.39 is 0 Å². The van der Waals surface area contributed by atoms with Gasteiger partial charge in [-0.15, -0.1) is 0 Å². The van der Waals surface area contributed by atoms with E-state index in [1.54, 1.807) is 30.6 Å². The zero-order chi connectivity index (χ0) is 13.0. The molecule has 1 aromatic carbocycles. The molecule has 1 aromatic heterocycles. The van der Waals surface area contributed by atoms with Crippen molar-refractivity contribution in [2.24, 2.45) is 0 Å². The molecule has 0 bridgehead atoms. The van der Waals surface area contributed by atoms with E-state index in [1.165, 1.54) is 6.07 Å². The summed E-state index contributed by atoms with van der Waals surface area (Å²) in [6.07, 6.45) is 3.68. The van der Waals surface area contributed by atoms with Crippen molar-refractivity contribution < 1.29 is 9.18 Å². The molecule has 0 saturated heterocycles. The van der Waals surface area contributed by atoms with E-state index in [2.05, 4.69) is 20.9 Å². The van der Waals surface area contributed by atoms with Gasteiger partial charge in [0.1, 0.15) is 11.6 Å². The second kappa shape index (κ2) is 5.87. The molecule has 0 spiro atoms. The minimum Gasteiger partial charge on any atom is -0.299 e. The van der Waals surface area contributed by atoms with Gasteiger partial charge >= 0.3 is 0 Å². The number of aromatic nitrogens is 1. The first-order valence-electron chi connectivity index (χ1n) is 5.49. The van der Waals surface area contributed by atoms with Gasteiger partial charge < -0.3 is 0 Å². The molecular weight excluding hydrogens is 297 g/mol.